The zero-order valence-electron chi connectivity index (χ0n) is 14.3. The van der Waals surface area contributed by atoms with Gasteiger partial charge in [-0.05, 0) is 37.2 Å². The van der Waals surface area contributed by atoms with Crippen molar-refractivity contribution in [2.75, 3.05) is 52.4 Å². The molecule has 2 saturated heterocycles. The van der Waals surface area contributed by atoms with E-state index in [1.165, 1.54) is 18.6 Å². The summed E-state index contributed by atoms with van der Waals surface area (Å²) in [6.07, 6.45) is 1.26. The molecule has 1 atom stereocenters. The van der Waals surface area contributed by atoms with Crippen LogP contribution in [0.2, 0.25) is 0 Å². The number of nitrogens with one attached hydrogen (secondary N) is 1. The van der Waals surface area contributed by atoms with Crippen LogP contribution >= 0.6 is 12.4 Å². The van der Waals surface area contributed by atoms with Crippen molar-refractivity contribution in [2.45, 2.75) is 17.4 Å². The van der Waals surface area contributed by atoms with E-state index >= 15 is 0 Å². The van der Waals surface area contributed by atoms with Crippen LogP contribution in [0.1, 0.15) is 6.42 Å². The molecule has 3 rings (SSSR count). The first-order valence-corrected chi connectivity index (χ1v) is 10.00. The maximum atomic E-state index is 11.2. The Kier molecular flexibility index (Phi) is 7.48. The summed E-state index contributed by atoms with van der Waals surface area (Å²) in [4.78, 5) is 5.10. The van der Waals surface area contributed by atoms with Crippen LogP contribution in [0, 0.1) is 0 Å². The van der Waals surface area contributed by atoms with Crippen LogP contribution in [0.4, 0.5) is 0 Å². The van der Waals surface area contributed by atoms with Crippen molar-refractivity contribution in [3.05, 3.63) is 24.3 Å². The molecule has 2 aliphatic rings. The van der Waals surface area contributed by atoms with Gasteiger partial charge in [-0.3, -0.25) is 9.80 Å². The van der Waals surface area contributed by atoms with Gasteiger partial charge in [-0.2, -0.15) is 0 Å². The highest BCUT2D eigenvalue weighted by Crippen LogP contribution is 2.15. The number of nitrogens with two attached hydrogens (primary N) is 1. The molecule has 0 aromatic heterocycles. The van der Waals surface area contributed by atoms with Crippen molar-refractivity contribution in [1.82, 2.24) is 15.1 Å². The first-order valence-electron chi connectivity index (χ1n) is 8.45. The minimum Gasteiger partial charge on any atom is -0.492 e. The molecule has 2 aliphatic heterocycles. The minimum atomic E-state index is -3.64. The Hall–Kier alpha value is -0.900. The van der Waals surface area contributed by atoms with Crippen LogP contribution in [-0.2, 0) is 10.0 Å². The number of halogens is 1. The van der Waals surface area contributed by atoms with Gasteiger partial charge in [0.1, 0.15) is 12.4 Å². The van der Waals surface area contributed by atoms with Gasteiger partial charge in [0.15, 0.2) is 0 Å². The van der Waals surface area contributed by atoms with Gasteiger partial charge in [-0.25, -0.2) is 13.6 Å². The van der Waals surface area contributed by atoms with Crippen LogP contribution in [0.5, 0.6) is 5.75 Å². The van der Waals surface area contributed by atoms with Crippen molar-refractivity contribution in [3.63, 3.8) is 0 Å². The molecule has 2 fully saturated rings. The molecule has 1 aromatic rings. The molecule has 142 valence electrons. The lowest BCUT2D eigenvalue weighted by Crippen LogP contribution is -2.51. The van der Waals surface area contributed by atoms with Gasteiger partial charge in [0.2, 0.25) is 10.0 Å². The van der Waals surface area contributed by atoms with E-state index in [-0.39, 0.29) is 17.3 Å². The normalized spacial score (nSPS) is 22.5. The first kappa shape index (κ1) is 20.4. The van der Waals surface area contributed by atoms with Crippen molar-refractivity contribution < 1.29 is 13.2 Å². The molecule has 25 heavy (non-hydrogen) atoms. The molecule has 3 N–H and O–H groups in total. The van der Waals surface area contributed by atoms with Gasteiger partial charge in [-0.1, -0.05) is 0 Å². The maximum absolute atomic E-state index is 11.2. The lowest BCUT2D eigenvalue weighted by Gasteiger charge is -2.37. The fourth-order valence-electron chi connectivity index (χ4n) is 3.32. The van der Waals surface area contributed by atoms with E-state index in [0.717, 1.165) is 45.8 Å². The van der Waals surface area contributed by atoms with Crippen molar-refractivity contribution in [3.8, 4) is 5.75 Å². The zero-order chi connectivity index (χ0) is 17.0. The molecule has 0 bridgehead atoms. The largest absolute Gasteiger partial charge is 0.492 e. The SMILES string of the molecule is Cl.NS(=O)(=O)c1ccc(OCCN2CCN(C3CCNC3)CC2)cc1. The average Bonchev–Trinajstić information content (AvgIpc) is 3.10. The predicted octanol–water partition coefficient (Wildman–Crippen LogP) is 0.114. The molecule has 1 aromatic carbocycles. The van der Waals surface area contributed by atoms with E-state index in [9.17, 15) is 8.42 Å². The Morgan fingerprint density at radius 2 is 1.84 bits per heavy atom. The molecule has 0 radical (unpaired) electrons. The third-order valence-electron chi connectivity index (χ3n) is 4.79. The predicted molar refractivity (Wildman–Crippen MR) is 99.8 cm³/mol. The summed E-state index contributed by atoms with van der Waals surface area (Å²) in [6, 6.07) is 6.94. The molecule has 0 spiro atoms. The van der Waals surface area contributed by atoms with Crippen LogP contribution in [-0.4, -0.2) is 76.7 Å². The quantitative estimate of drug-likeness (QED) is 0.717. The Morgan fingerprint density at radius 1 is 1.16 bits per heavy atom. The van der Waals surface area contributed by atoms with E-state index in [4.69, 9.17) is 9.88 Å². The number of hydrogen-bond acceptors (Lipinski definition) is 6. The van der Waals surface area contributed by atoms with Gasteiger partial charge in [0.05, 0.1) is 4.90 Å². The lowest BCUT2D eigenvalue weighted by atomic mass is 10.2. The molecule has 0 amide bonds. The second kappa shape index (κ2) is 9.16. The lowest BCUT2D eigenvalue weighted by molar-refractivity contribution is 0.0921. The third-order valence-corrected chi connectivity index (χ3v) is 5.72. The van der Waals surface area contributed by atoms with Crippen LogP contribution in [0.25, 0.3) is 0 Å². The maximum Gasteiger partial charge on any atom is 0.238 e. The van der Waals surface area contributed by atoms with Crippen LogP contribution in [0.15, 0.2) is 29.2 Å². The van der Waals surface area contributed by atoms with E-state index in [1.807, 2.05) is 0 Å². The van der Waals surface area contributed by atoms with Crippen molar-refractivity contribution in [2.24, 2.45) is 5.14 Å². The molecule has 2 heterocycles. The number of benzene rings is 1. The summed E-state index contributed by atoms with van der Waals surface area (Å²) in [5, 5.41) is 8.50. The number of hydrogen-bond donors (Lipinski definition) is 2. The van der Waals surface area contributed by atoms with E-state index in [1.54, 1.807) is 12.1 Å². The Morgan fingerprint density at radius 3 is 2.40 bits per heavy atom. The summed E-state index contributed by atoms with van der Waals surface area (Å²) in [5.41, 5.74) is 0. The number of rotatable bonds is 6. The highest BCUT2D eigenvalue weighted by molar-refractivity contribution is 7.89. The summed E-state index contributed by atoms with van der Waals surface area (Å²) in [6.45, 7) is 8.13. The number of sulfonamides is 1. The van der Waals surface area contributed by atoms with Crippen molar-refractivity contribution >= 4 is 22.4 Å². The highest BCUT2D eigenvalue weighted by atomic mass is 35.5. The van der Waals surface area contributed by atoms with Crippen LogP contribution in [0.3, 0.4) is 0 Å². The molecule has 0 aliphatic carbocycles. The number of ether oxygens (including phenoxy) is 1. The Bertz CT molecular complexity index is 627. The standard InChI is InChI=1S/C16H26N4O3S.ClH/c17-24(21,22)16-3-1-15(2-4-16)23-12-11-19-7-9-20(10-8-19)14-5-6-18-13-14;/h1-4,14,18H,5-13H2,(H2,17,21,22);1H. The zero-order valence-corrected chi connectivity index (χ0v) is 15.9. The fraction of sp³-hybridized carbons (Fsp3) is 0.625. The third kappa shape index (κ3) is 5.80. The van der Waals surface area contributed by atoms with Gasteiger partial charge in [0, 0.05) is 45.3 Å². The Labute approximate surface area is 156 Å². The number of piperazine rings is 1. The number of primary sulfonamides is 1. The van der Waals surface area contributed by atoms with E-state index in [0.29, 0.717) is 18.4 Å². The number of nitrogens with zero attached hydrogens (tertiary/aromatic N) is 2. The van der Waals surface area contributed by atoms with Crippen molar-refractivity contribution in [1.29, 1.82) is 0 Å². The fourth-order valence-corrected chi connectivity index (χ4v) is 3.84. The minimum absolute atomic E-state index is 0. The smallest absolute Gasteiger partial charge is 0.238 e. The van der Waals surface area contributed by atoms with E-state index in [2.05, 4.69) is 15.1 Å². The van der Waals surface area contributed by atoms with Gasteiger partial charge in [0.25, 0.3) is 0 Å². The van der Waals surface area contributed by atoms with Gasteiger partial charge < -0.3 is 10.1 Å². The first-order chi connectivity index (χ1) is 11.5. The molecule has 0 saturated carbocycles. The summed E-state index contributed by atoms with van der Waals surface area (Å²) >= 11 is 0. The summed E-state index contributed by atoms with van der Waals surface area (Å²) < 4.78 is 28.1. The van der Waals surface area contributed by atoms with E-state index < -0.39 is 10.0 Å². The molecule has 1 unspecified atom stereocenters. The highest BCUT2D eigenvalue weighted by Gasteiger charge is 2.25. The van der Waals surface area contributed by atoms with Crippen LogP contribution < -0.4 is 15.2 Å². The molecule has 9 heteroatoms. The van der Waals surface area contributed by atoms with Gasteiger partial charge in [-0.15, -0.1) is 12.4 Å². The average molecular weight is 391 g/mol. The Balaban J connectivity index is 0.00000225. The monoisotopic (exact) mass is 390 g/mol. The second-order valence-electron chi connectivity index (χ2n) is 6.39. The molecular formula is C16H27ClN4O3S. The summed E-state index contributed by atoms with van der Waals surface area (Å²) in [5.74, 6) is 0.665. The topological polar surface area (TPSA) is 87.9 Å². The molecule has 7 nitrogen and oxygen atoms in total. The second-order valence-corrected chi connectivity index (χ2v) is 7.95. The molecular weight excluding hydrogens is 364 g/mol. The van der Waals surface area contributed by atoms with Gasteiger partial charge >= 0.3 is 0 Å². The summed E-state index contributed by atoms with van der Waals surface area (Å²) in [7, 11) is -3.64.